The van der Waals surface area contributed by atoms with E-state index in [0.717, 1.165) is 12.3 Å². The molecule has 0 aliphatic carbocycles. The first-order valence-electron chi connectivity index (χ1n) is 5.67. The first kappa shape index (κ1) is 13.9. The molecule has 0 saturated heterocycles. The molecule has 0 bridgehead atoms. The predicted octanol–water partition coefficient (Wildman–Crippen LogP) is 2.83. The molecule has 1 N–H and O–H groups in total. The van der Waals surface area contributed by atoms with Crippen molar-refractivity contribution < 1.29 is 4.74 Å². The van der Waals surface area contributed by atoms with Gasteiger partial charge in [-0.05, 0) is 39.7 Å². The quantitative estimate of drug-likeness (QED) is 0.684. The Hall–Kier alpha value is -0.0800. The second-order valence-electron chi connectivity index (χ2n) is 4.90. The smallest absolute Gasteiger partial charge is 0.0637 e. The lowest BCUT2D eigenvalue weighted by Crippen LogP contribution is -2.36. The van der Waals surface area contributed by atoms with Gasteiger partial charge >= 0.3 is 0 Å². The van der Waals surface area contributed by atoms with E-state index in [9.17, 15) is 0 Å². The molecule has 86 valence electrons. The van der Waals surface area contributed by atoms with Gasteiger partial charge in [0.25, 0.3) is 0 Å². The highest BCUT2D eigenvalue weighted by Crippen LogP contribution is 2.20. The Bertz CT molecular complexity index is 145. The number of methoxy groups -OCH3 is 1. The number of rotatable bonds is 7. The zero-order valence-corrected chi connectivity index (χ0v) is 10.7. The minimum absolute atomic E-state index is 0.0128. The van der Waals surface area contributed by atoms with Crippen LogP contribution >= 0.6 is 0 Å². The van der Waals surface area contributed by atoms with Crippen molar-refractivity contribution in [2.75, 3.05) is 14.2 Å². The van der Waals surface area contributed by atoms with Crippen LogP contribution in [-0.4, -0.2) is 25.8 Å². The summed E-state index contributed by atoms with van der Waals surface area (Å²) < 4.78 is 5.45. The molecule has 0 aromatic heterocycles. The van der Waals surface area contributed by atoms with E-state index in [1.54, 1.807) is 7.11 Å². The van der Waals surface area contributed by atoms with Crippen molar-refractivity contribution in [2.24, 2.45) is 5.92 Å². The maximum atomic E-state index is 5.45. The summed E-state index contributed by atoms with van der Waals surface area (Å²) in [5.41, 5.74) is -0.0128. The maximum Gasteiger partial charge on any atom is 0.0637 e. The van der Waals surface area contributed by atoms with Gasteiger partial charge in [-0.15, -0.1) is 0 Å². The molecule has 0 fully saturated rings. The van der Waals surface area contributed by atoms with Crippen LogP contribution in [0.1, 0.15) is 47.0 Å². The molecular formula is C12H27NO. The van der Waals surface area contributed by atoms with Crippen molar-refractivity contribution in [3.8, 4) is 0 Å². The number of ether oxygens (including phenoxy) is 1. The molecular weight excluding hydrogens is 174 g/mol. The van der Waals surface area contributed by atoms with Crippen LogP contribution in [0.2, 0.25) is 0 Å². The largest absolute Gasteiger partial charge is 0.379 e. The van der Waals surface area contributed by atoms with E-state index in [1.807, 2.05) is 7.05 Å². The SMILES string of the molecule is CCC(C)CC(CC(C)(C)OC)NC. The van der Waals surface area contributed by atoms with E-state index in [-0.39, 0.29) is 5.60 Å². The fraction of sp³-hybridized carbons (Fsp3) is 1.00. The zero-order chi connectivity index (χ0) is 11.2. The van der Waals surface area contributed by atoms with Gasteiger partial charge in [-0.25, -0.2) is 0 Å². The van der Waals surface area contributed by atoms with Gasteiger partial charge in [0.15, 0.2) is 0 Å². The highest BCUT2D eigenvalue weighted by molar-refractivity contribution is 4.78. The normalized spacial score (nSPS) is 16.7. The van der Waals surface area contributed by atoms with Gasteiger partial charge in [-0.2, -0.15) is 0 Å². The second kappa shape index (κ2) is 6.41. The molecule has 0 saturated carbocycles. The maximum absolute atomic E-state index is 5.45. The van der Waals surface area contributed by atoms with Crippen molar-refractivity contribution in [3.63, 3.8) is 0 Å². The van der Waals surface area contributed by atoms with Crippen LogP contribution in [0.25, 0.3) is 0 Å². The van der Waals surface area contributed by atoms with Crippen LogP contribution < -0.4 is 5.32 Å². The summed E-state index contributed by atoms with van der Waals surface area (Å²) in [6.45, 7) is 8.85. The molecule has 2 nitrogen and oxygen atoms in total. The summed E-state index contributed by atoms with van der Waals surface area (Å²) in [5, 5.41) is 3.38. The van der Waals surface area contributed by atoms with Crippen LogP contribution in [0.15, 0.2) is 0 Å². The molecule has 0 aromatic carbocycles. The molecule has 0 radical (unpaired) electrons. The molecule has 0 rings (SSSR count). The van der Waals surface area contributed by atoms with Crippen LogP contribution in [0, 0.1) is 5.92 Å². The topological polar surface area (TPSA) is 21.3 Å². The van der Waals surface area contributed by atoms with E-state index in [4.69, 9.17) is 4.74 Å². The number of hydrogen-bond donors (Lipinski definition) is 1. The lowest BCUT2D eigenvalue weighted by atomic mass is 9.91. The summed E-state index contributed by atoms with van der Waals surface area (Å²) in [4.78, 5) is 0. The Morgan fingerprint density at radius 2 is 1.93 bits per heavy atom. The van der Waals surface area contributed by atoms with Crippen LogP contribution in [-0.2, 0) is 4.74 Å². The monoisotopic (exact) mass is 201 g/mol. The summed E-state index contributed by atoms with van der Waals surface area (Å²) in [7, 11) is 3.83. The summed E-state index contributed by atoms with van der Waals surface area (Å²) >= 11 is 0. The fourth-order valence-corrected chi connectivity index (χ4v) is 1.63. The predicted molar refractivity (Wildman–Crippen MR) is 62.6 cm³/mol. The van der Waals surface area contributed by atoms with Gasteiger partial charge in [0.05, 0.1) is 5.60 Å². The number of nitrogens with one attached hydrogen (secondary N) is 1. The molecule has 0 aliphatic rings. The molecule has 0 amide bonds. The third kappa shape index (κ3) is 5.61. The first-order valence-corrected chi connectivity index (χ1v) is 5.67. The van der Waals surface area contributed by atoms with Crippen molar-refractivity contribution in [3.05, 3.63) is 0 Å². The first-order chi connectivity index (χ1) is 6.45. The Kier molecular flexibility index (Phi) is 6.38. The summed E-state index contributed by atoms with van der Waals surface area (Å²) in [6, 6.07) is 0.569. The van der Waals surface area contributed by atoms with Crippen molar-refractivity contribution in [1.82, 2.24) is 5.32 Å². The Labute approximate surface area is 89.4 Å². The molecule has 0 heterocycles. The number of hydrogen-bond acceptors (Lipinski definition) is 2. The van der Waals surface area contributed by atoms with Gasteiger partial charge in [-0.3, -0.25) is 0 Å². The van der Waals surface area contributed by atoms with E-state index in [2.05, 4.69) is 33.0 Å². The van der Waals surface area contributed by atoms with E-state index in [1.165, 1.54) is 12.8 Å². The van der Waals surface area contributed by atoms with E-state index < -0.39 is 0 Å². The molecule has 0 aliphatic heterocycles. The highest BCUT2D eigenvalue weighted by Gasteiger charge is 2.22. The van der Waals surface area contributed by atoms with Gasteiger partial charge in [0, 0.05) is 13.2 Å². The molecule has 2 atom stereocenters. The minimum atomic E-state index is -0.0128. The van der Waals surface area contributed by atoms with Crippen molar-refractivity contribution in [1.29, 1.82) is 0 Å². The summed E-state index contributed by atoms with van der Waals surface area (Å²) in [5.74, 6) is 0.792. The average Bonchev–Trinajstić information content (AvgIpc) is 2.16. The molecule has 14 heavy (non-hydrogen) atoms. The van der Waals surface area contributed by atoms with E-state index >= 15 is 0 Å². The van der Waals surface area contributed by atoms with Gasteiger partial charge in [-0.1, -0.05) is 20.3 Å². The third-order valence-electron chi connectivity index (χ3n) is 3.08. The Morgan fingerprint density at radius 1 is 1.36 bits per heavy atom. The van der Waals surface area contributed by atoms with Gasteiger partial charge in [0.1, 0.15) is 0 Å². The average molecular weight is 201 g/mol. The fourth-order valence-electron chi connectivity index (χ4n) is 1.63. The second-order valence-corrected chi connectivity index (χ2v) is 4.90. The molecule has 2 heteroatoms. The van der Waals surface area contributed by atoms with Crippen molar-refractivity contribution >= 4 is 0 Å². The zero-order valence-electron chi connectivity index (χ0n) is 10.7. The molecule has 0 spiro atoms. The molecule has 2 unspecified atom stereocenters. The lowest BCUT2D eigenvalue weighted by Gasteiger charge is -2.29. The Balaban J connectivity index is 4.02. The van der Waals surface area contributed by atoms with Gasteiger partial charge < -0.3 is 10.1 Å². The van der Waals surface area contributed by atoms with Gasteiger partial charge in [0.2, 0.25) is 0 Å². The van der Waals surface area contributed by atoms with Crippen LogP contribution in [0.3, 0.4) is 0 Å². The lowest BCUT2D eigenvalue weighted by molar-refractivity contribution is 0.00583. The highest BCUT2D eigenvalue weighted by atomic mass is 16.5. The minimum Gasteiger partial charge on any atom is -0.379 e. The van der Waals surface area contributed by atoms with Crippen LogP contribution in [0.4, 0.5) is 0 Å². The summed E-state index contributed by atoms with van der Waals surface area (Å²) in [6.07, 6.45) is 3.57. The standard InChI is InChI=1S/C12H27NO/c1-7-10(2)8-11(13-5)9-12(3,4)14-6/h10-11,13H,7-9H2,1-6H3. The Morgan fingerprint density at radius 3 is 2.29 bits per heavy atom. The van der Waals surface area contributed by atoms with Crippen molar-refractivity contribution in [2.45, 2.75) is 58.6 Å². The third-order valence-corrected chi connectivity index (χ3v) is 3.08. The van der Waals surface area contributed by atoms with Crippen LogP contribution in [0.5, 0.6) is 0 Å². The molecule has 0 aromatic rings. The van der Waals surface area contributed by atoms with E-state index in [0.29, 0.717) is 6.04 Å².